The summed E-state index contributed by atoms with van der Waals surface area (Å²) in [6.45, 7) is 2.26. The SMILES string of the molecule is O=C1c2ccccc2C(=O)N1Cc1ccc(-c2ccc(CN3CCc4ccccc43)cc2)cc1. The van der Waals surface area contributed by atoms with E-state index in [0.29, 0.717) is 11.1 Å². The van der Waals surface area contributed by atoms with Crippen LogP contribution in [0.1, 0.15) is 37.4 Å². The van der Waals surface area contributed by atoms with Crippen LogP contribution in [0.25, 0.3) is 11.1 Å². The molecule has 2 aliphatic heterocycles. The van der Waals surface area contributed by atoms with Crippen molar-refractivity contribution in [3.05, 3.63) is 125 Å². The van der Waals surface area contributed by atoms with Crippen LogP contribution in [0.4, 0.5) is 5.69 Å². The molecule has 166 valence electrons. The number of anilines is 1. The van der Waals surface area contributed by atoms with Gasteiger partial charge in [0.25, 0.3) is 11.8 Å². The van der Waals surface area contributed by atoms with Crippen molar-refractivity contribution in [2.24, 2.45) is 0 Å². The van der Waals surface area contributed by atoms with Crippen LogP contribution in [-0.2, 0) is 19.5 Å². The van der Waals surface area contributed by atoms with Crippen LogP contribution in [0.5, 0.6) is 0 Å². The molecule has 0 saturated carbocycles. The minimum absolute atomic E-state index is 0.221. The maximum absolute atomic E-state index is 12.6. The molecule has 0 aliphatic carbocycles. The van der Waals surface area contributed by atoms with Gasteiger partial charge in [0.15, 0.2) is 0 Å². The molecule has 0 fully saturated rings. The van der Waals surface area contributed by atoms with Gasteiger partial charge in [-0.25, -0.2) is 0 Å². The predicted molar refractivity (Wildman–Crippen MR) is 134 cm³/mol. The molecule has 2 aliphatic rings. The van der Waals surface area contributed by atoms with E-state index in [1.807, 2.05) is 12.1 Å². The Morgan fingerprint density at radius 2 is 1.12 bits per heavy atom. The Balaban J connectivity index is 1.13. The van der Waals surface area contributed by atoms with Gasteiger partial charge < -0.3 is 4.90 Å². The fraction of sp³-hybridized carbons (Fsp3) is 0.133. The predicted octanol–water partition coefficient (Wildman–Crippen LogP) is 5.71. The zero-order valence-corrected chi connectivity index (χ0v) is 18.8. The lowest BCUT2D eigenvalue weighted by Crippen LogP contribution is -2.29. The number of carbonyl (C=O) groups excluding carboxylic acids is 2. The van der Waals surface area contributed by atoms with Crippen molar-refractivity contribution in [3.8, 4) is 11.1 Å². The first-order chi connectivity index (χ1) is 16.7. The lowest BCUT2D eigenvalue weighted by molar-refractivity contribution is 0.0642. The zero-order chi connectivity index (χ0) is 23.1. The Kier molecular flexibility index (Phi) is 4.99. The van der Waals surface area contributed by atoms with E-state index in [1.54, 1.807) is 24.3 Å². The molecule has 0 atom stereocenters. The minimum atomic E-state index is -0.221. The third-order valence-corrected chi connectivity index (χ3v) is 6.82. The summed E-state index contributed by atoms with van der Waals surface area (Å²) in [5.41, 5.74) is 8.25. The Morgan fingerprint density at radius 1 is 0.588 bits per heavy atom. The van der Waals surface area contributed by atoms with E-state index in [2.05, 4.69) is 65.6 Å². The van der Waals surface area contributed by atoms with Gasteiger partial charge in [0, 0.05) is 18.8 Å². The van der Waals surface area contributed by atoms with Crippen LogP contribution in [0.2, 0.25) is 0 Å². The topological polar surface area (TPSA) is 40.6 Å². The summed E-state index contributed by atoms with van der Waals surface area (Å²) < 4.78 is 0. The maximum Gasteiger partial charge on any atom is 0.261 e. The second-order valence-electron chi connectivity index (χ2n) is 8.94. The highest BCUT2D eigenvalue weighted by Crippen LogP contribution is 2.30. The highest BCUT2D eigenvalue weighted by Gasteiger charge is 2.34. The Hall–Kier alpha value is -4.18. The van der Waals surface area contributed by atoms with Crippen LogP contribution < -0.4 is 4.90 Å². The molecule has 2 heterocycles. The first-order valence-electron chi connectivity index (χ1n) is 11.6. The molecule has 4 nitrogen and oxygen atoms in total. The molecule has 0 spiro atoms. The fourth-order valence-electron chi connectivity index (χ4n) is 4.96. The largest absolute Gasteiger partial charge is 0.367 e. The van der Waals surface area contributed by atoms with Crippen molar-refractivity contribution in [2.45, 2.75) is 19.5 Å². The summed E-state index contributed by atoms with van der Waals surface area (Å²) in [5.74, 6) is -0.443. The molecular weight excluding hydrogens is 420 g/mol. The summed E-state index contributed by atoms with van der Waals surface area (Å²) in [5, 5.41) is 0. The van der Waals surface area contributed by atoms with Crippen LogP contribution in [-0.4, -0.2) is 23.3 Å². The Labute approximate surface area is 199 Å². The van der Waals surface area contributed by atoms with Crippen LogP contribution in [0, 0.1) is 0 Å². The van der Waals surface area contributed by atoms with E-state index < -0.39 is 0 Å². The molecular formula is C30H24N2O2. The van der Waals surface area contributed by atoms with Crippen molar-refractivity contribution in [3.63, 3.8) is 0 Å². The third-order valence-electron chi connectivity index (χ3n) is 6.82. The van der Waals surface area contributed by atoms with Gasteiger partial charge in [-0.1, -0.05) is 78.9 Å². The molecule has 4 aromatic carbocycles. The molecule has 6 rings (SSSR count). The van der Waals surface area contributed by atoms with Crippen LogP contribution in [0.15, 0.2) is 97.1 Å². The average Bonchev–Trinajstić information content (AvgIpc) is 3.40. The number of hydrogen-bond donors (Lipinski definition) is 0. The smallest absolute Gasteiger partial charge is 0.261 e. The van der Waals surface area contributed by atoms with Gasteiger partial charge in [0.1, 0.15) is 0 Å². The van der Waals surface area contributed by atoms with E-state index in [1.165, 1.54) is 21.7 Å². The van der Waals surface area contributed by atoms with Gasteiger partial charge in [-0.3, -0.25) is 14.5 Å². The van der Waals surface area contributed by atoms with Gasteiger partial charge in [-0.05, 0) is 52.4 Å². The third kappa shape index (κ3) is 3.57. The van der Waals surface area contributed by atoms with Crippen molar-refractivity contribution < 1.29 is 9.59 Å². The van der Waals surface area contributed by atoms with Crippen LogP contribution >= 0.6 is 0 Å². The normalized spacial score (nSPS) is 14.5. The van der Waals surface area contributed by atoms with E-state index >= 15 is 0 Å². The number of benzene rings is 4. The lowest BCUT2D eigenvalue weighted by Gasteiger charge is -2.19. The molecule has 2 amide bonds. The first-order valence-corrected chi connectivity index (χ1v) is 11.6. The van der Waals surface area contributed by atoms with Crippen molar-refractivity contribution in [1.82, 2.24) is 4.90 Å². The van der Waals surface area contributed by atoms with Gasteiger partial charge >= 0.3 is 0 Å². The van der Waals surface area contributed by atoms with E-state index in [9.17, 15) is 9.59 Å². The summed E-state index contributed by atoms with van der Waals surface area (Å²) in [6, 6.07) is 32.5. The number of amides is 2. The Morgan fingerprint density at radius 3 is 1.74 bits per heavy atom. The summed E-state index contributed by atoms with van der Waals surface area (Å²) in [7, 11) is 0. The van der Waals surface area contributed by atoms with Crippen molar-refractivity contribution in [2.75, 3.05) is 11.4 Å². The van der Waals surface area contributed by atoms with Gasteiger partial charge in [-0.15, -0.1) is 0 Å². The van der Waals surface area contributed by atoms with E-state index in [0.717, 1.165) is 36.2 Å². The summed E-state index contributed by atoms with van der Waals surface area (Å²) in [4.78, 5) is 29.0. The van der Waals surface area contributed by atoms with Crippen LogP contribution in [0.3, 0.4) is 0 Å². The molecule has 0 unspecified atom stereocenters. The minimum Gasteiger partial charge on any atom is -0.367 e. The molecule has 0 N–H and O–H groups in total. The zero-order valence-electron chi connectivity index (χ0n) is 18.8. The van der Waals surface area contributed by atoms with Crippen molar-refractivity contribution in [1.29, 1.82) is 0 Å². The Bertz CT molecular complexity index is 1360. The molecule has 0 bridgehead atoms. The first kappa shape index (κ1) is 20.4. The fourth-order valence-corrected chi connectivity index (χ4v) is 4.96. The quantitative estimate of drug-likeness (QED) is 0.370. The molecule has 4 aromatic rings. The number of rotatable bonds is 5. The van der Waals surface area contributed by atoms with E-state index in [4.69, 9.17) is 0 Å². The average molecular weight is 445 g/mol. The number of carbonyl (C=O) groups is 2. The number of hydrogen-bond acceptors (Lipinski definition) is 3. The van der Waals surface area contributed by atoms with Gasteiger partial charge in [-0.2, -0.15) is 0 Å². The number of para-hydroxylation sites is 1. The van der Waals surface area contributed by atoms with Gasteiger partial charge in [0.2, 0.25) is 0 Å². The highest BCUT2D eigenvalue weighted by molar-refractivity contribution is 6.21. The molecule has 0 aromatic heterocycles. The summed E-state index contributed by atoms with van der Waals surface area (Å²) in [6.07, 6.45) is 1.11. The molecule has 34 heavy (non-hydrogen) atoms. The lowest BCUT2D eigenvalue weighted by atomic mass is 10.0. The maximum atomic E-state index is 12.6. The molecule has 0 saturated heterocycles. The standard InChI is InChI=1S/C30H24N2O2/c33-29-26-6-2-3-7-27(26)30(34)32(29)20-22-11-15-24(16-12-22)23-13-9-21(10-14-23)19-31-18-17-25-5-1-4-8-28(25)31/h1-16H,17-20H2. The van der Waals surface area contributed by atoms with Gasteiger partial charge in [0.05, 0.1) is 17.7 Å². The highest BCUT2D eigenvalue weighted by atomic mass is 16.2. The second kappa shape index (κ2) is 8.31. The van der Waals surface area contributed by atoms with Crippen molar-refractivity contribution >= 4 is 17.5 Å². The second-order valence-corrected chi connectivity index (χ2v) is 8.94. The summed E-state index contributed by atoms with van der Waals surface area (Å²) >= 11 is 0. The number of imide groups is 1. The van der Waals surface area contributed by atoms with E-state index in [-0.39, 0.29) is 18.4 Å². The monoisotopic (exact) mass is 444 g/mol. The molecule has 0 radical (unpaired) electrons. The molecule has 4 heteroatoms. The number of fused-ring (bicyclic) bond motifs is 2. The number of nitrogens with zero attached hydrogens (tertiary/aromatic N) is 2.